The van der Waals surface area contributed by atoms with Gasteiger partial charge in [-0.3, -0.25) is 4.79 Å². The van der Waals surface area contributed by atoms with E-state index in [9.17, 15) is 4.79 Å². The summed E-state index contributed by atoms with van der Waals surface area (Å²) < 4.78 is 0. The summed E-state index contributed by atoms with van der Waals surface area (Å²) in [5, 5.41) is 5.96. The minimum atomic E-state index is 0.202. The molecule has 0 aromatic rings. The highest BCUT2D eigenvalue weighted by Crippen LogP contribution is 2.13. The molecule has 26 heavy (non-hydrogen) atoms. The van der Waals surface area contributed by atoms with Crippen LogP contribution in [0.5, 0.6) is 0 Å². The molecule has 0 aliphatic rings. The summed E-state index contributed by atoms with van der Waals surface area (Å²) in [5.74, 6) is 2.91. The maximum atomic E-state index is 11.5. The van der Waals surface area contributed by atoms with E-state index in [-0.39, 0.29) is 5.91 Å². The third kappa shape index (κ3) is 21.0. The number of carbonyl (C=O) groups is 1. The monoisotopic (exact) mass is 364 g/mol. The van der Waals surface area contributed by atoms with Crippen LogP contribution in [0.15, 0.2) is 0 Å². The van der Waals surface area contributed by atoms with Gasteiger partial charge in [-0.05, 0) is 19.9 Å². The first-order valence-electron chi connectivity index (χ1n) is 11.2. The lowest BCUT2D eigenvalue weighted by Crippen LogP contribution is -2.30. The van der Waals surface area contributed by atoms with Gasteiger partial charge in [-0.15, -0.1) is 12.3 Å². The number of terminal acetylenes is 1. The van der Waals surface area contributed by atoms with Crippen LogP contribution in [0.3, 0.4) is 0 Å². The second-order valence-electron chi connectivity index (χ2n) is 7.46. The van der Waals surface area contributed by atoms with Crippen molar-refractivity contribution in [1.82, 2.24) is 10.6 Å². The summed E-state index contributed by atoms with van der Waals surface area (Å²) in [4.78, 5) is 11.5. The number of hydrogen-bond donors (Lipinski definition) is 2. The first-order valence-corrected chi connectivity index (χ1v) is 11.2. The quantitative estimate of drug-likeness (QED) is 0.218. The molecule has 2 N–H and O–H groups in total. The molecule has 0 spiro atoms. The van der Waals surface area contributed by atoms with E-state index >= 15 is 0 Å². The first-order chi connectivity index (χ1) is 12.8. The van der Waals surface area contributed by atoms with Gasteiger partial charge in [0.25, 0.3) is 0 Å². The predicted octanol–water partition coefficient (Wildman–Crippen LogP) is 5.59. The Morgan fingerprint density at radius 3 is 1.54 bits per heavy atom. The molecule has 0 fully saturated rings. The normalized spacial score (nSPS) is 10.6. The van der Waals surface area contributed by atoms with E-state index in [0.717, 1.165) is 25.9 Å². The van der Waals surface area contributed by atoms with E-state index in [4.69, 9.17) is 6.42 Å². The summed E-state index contributed by atoms with van der Waals surface area (Å²) in [6.45, 7) is 1.58. The Bertz CT molecular complexity index is 336. The van der Waals surface area contributed by atoms with Gasteiger partial charge < -0.3 is 10.6 Å². The van der Waals surface area contributed by atoms with Gasteiger partial charge in [-0.25, -0.2) is 0 Å². The van der Waals surface area contributed by atoms with E-state index in [1.165, 1.54) is 89.9 Å². The van der Waals surface area contributed by atoms with Crippen LogP contribution >= 0.6 is 0 Å². The van der Waals surface area contributed by atoms with Crippen LogP contribution in [0, 0.1) is 12.3 Å². The van der Waals surface area contributed by atoms with E-state index in [1.54, 1.807) is 0 Å². The van der Waals surface area contributed by atoms with Gasteiger partial charge in [0, 0.05) is 25.9 Å². The fourth-order valence-electron chi connectivity index (χ4n) is 3.23. The Morgan fingerprint density at radius 1 is 0.692 bits per heavy atom. The maximum absolute atomic E-state index is 11.5. The summed E-state index contributed by atoms with van der Waals surface area (Å²) >= 11 is 0. The molecule has 0 saturated carbocycles. The van der Waals surface area contributed by atoms with Crippen molar-refractivity contribution in [3.63, 3.8) is 0 Å². The van der Waals surface area contributed by atoms with Crippen LogP contribution in [0.1, 0.15) is 109 Å². The third-order valence-corrected chi connectivity index (χ3v) is 4.92. The van der Waals surface area contributed by atoms with Gasteiger partial charge in [0.05, 0.1) is 0 Å². The Kier molecular flexibility index (Phi) is 21.2. The highest BCUT2D eigenvalue weighted by Gasteiger charge is 2.00. The second kappa shape index (κ2) is 22.0. The summed E-state index contributed by atoms with van der Waals surface area (Å²) in [5.41, 5.74) is 0. The van der Waals surface area contributed by atoms with Gasteiger partial charge >= 0.3 is 0 Å². The maximum Gasteiger partial charge on any atom is 0.220 e. The number of hydrogen-bond acceptors (Lipinski definition) is 2. The van der Waals surface area contributed by atoms with Gasteiger partial charge in [0.2, 0.25) is 5.91 Å². The van der Waals surface area contributed by atoms with Gasteiger partial charge in [-0.1, -0.05) is 83.5 Å². The zero-order chi connectivity index (χ0) is 19.1. The molecule has 0 atom stereocenters. The molecular weight excluding hydrogens is 320 g/mol. The van der Waals surface area contributed by atoms with Crippen LogP contribution in [-0.2, 0) is 4.79 Å². The molecule has 152 valence electrons. The molecule has 0 unspecified atom stereocenters. The van der Waals surface area contributed by atoms with E-state index in [1.807, 2.05) is 7.05 Å². The van der Waals surface area contributed by atoms with Crippen molar-refractivity contribution in [2.75, 3.05) is 20.1 Å². The topological polar surface area (TPSA) is 41.1 Å². The highest BCUT2D eigenvalue weighted by molar-refractivity contribution is 5.75. The van der Waals surface area contributed by atoms with Gasteiger partial charge in [-0.2, -0.15) is 0 Å². The Morgan fingerprint density at radius 2 is 1.12 bits per heavy atom. The lowest BCUT2D eigenvalue weighted by Gasteiger charge is -2.05. The van der Waals surface area contributed by atoms with Crippen LogP contribution in [0.25, 0.3) is 0 Å². The van der Waals surface area contributed by atoms with E-state index in [0.29, 0.717) is 6.42 Å². The smallest absolute Gasteiger partial charge is 0.220 e. The minimum absolute atomic E-state index is 0.202. The standard InChI is InChI=1S/C23H44N2O/c1-3-4-5-6-7-8-9-10-11-12-13-14-15-16-17-18-19-20-23(26)25-22-21-24-2/h1,24H,4-22H2,2H3,(H,25,26). The summed E-state index contributed by atoms with van der Waals surface area (Å²) in [6.07, 6.45) is 26.8. The van der Waals surface area contributed by atoms with Crippen molar-refractivity contribution >= 4 is 5.91 Å². The Hall–Kier alpha value is -1.01. The molecule has 3 nitrogen and oxygen atoms in total. The van der Waals surface area contributed by atoms with E-state index < -0.39 is 0 Å². The molecule has 0 heterocycles. The molecule has 0 bridgehead atoms. The predicted molar refractivity (Wildman–Crippen MR) is 114 cm³/mol. The molecule has 0 aliphatic carbocycles. The first kappa shape index (κ1) is 25.0. The van der Waals surface area contributed by atoms with Crippen LogP contribution in [0.4, 0.5) is 0 Å². The molecule has 0 radical (unpaired) electrons. The SMILES string of the molecule is C#CCCCCCCCCCCCCCCCCCC(=O)NCCNC. The number of rotatable bonds is 20. The van der Waals surface area contributed by atoms with Crippen molar-refractivity contribution in [2.45, 2.75) is 109 Å². The average Bonchev–Trinajstić information content (AvgIpc) is 2.64. The molecule has 0 aromatic carbocycles. The fourth-order valence-corrected chi connectivity index (χ4v) is 3.23. The number of unbranched alkanes of at least 4 members (excludes halogenated alkanes) is 15. The average molecular weight is 365 g/mol. The molecule has 3 heteroatoms. The van der Waals surface area contributed by atoms with Gasteiger partial charge in [0.1, 0.15) is 0 Å². The third-order valence-electron chi connectivity index (χ3n) is 4.92. The van der Waals surface area contributed by atoms with E-state index in [2.05, 4.69) is 16.6 Å². The number of amides is 1. The summed E-state index contributed by atoms with van der Waals surface area (Å²) in [7, 11) is 1.90. The number of likely N-dealkylation sites (N-methyl/N-ethyl adjacent to an activating group) is 1. The number of carbonyl (C=O) groups excluding carboxylic acids is 1. The van der Waals surface area contributed by atoms with Crippen LogP contribution in [0.2, 0.25) is 0 Å². The number of nitrogens with one attached hydrogen (secondary N) is 2. The zero-order valence-corrected chi connectivity index (χ0v) is 17.4. The molecule has 0 rings (SSSR count). The lowest BCUT2D eigenvalue weighted by molar-refractivity contribution is -0.121. The molecule has 0 aliphatic heterocycles. The lowest BCUT2D eigenvalue weighted by atomic mass is 10.0. The molecular formula is C23H44N2O. The van der Waals surface area contributed by atoms with Gasteiger partial charge in [0.15, 0.2) is 0 Å². The van der Waals surface area contributed by atoms with Crippen LogP contribution < -0.4 is 10.6 Å². The zero-order valence-electron chi connectivity index (χ0n) is 17.4. The van der Waals surface area contributed by atoms with Crippen molar-refractivity contribution < 1.29 is 4.79 Å². The Labute approximate surface area is 163 Å². The molecule has 0 saturated heterocycles. The van der Waals surface area contributed by atoms with Crippen molar-refractivity contribution in [2.24, 2.45) is 0 Å². The minimum Gasteiger partial charge on any atom is -0.355 e. The summed E-state index contributed by atoms with van der Waals surface area (Å²) in [6, 6.07) is 0. The second-order valence-corrected chi connectivity index (χ2v) is 7.46. The highest BCUT2D eigenvalue weighted by atomic mass is 16.1. The largest absolute Gasteiger partial charge is 0.355 e. The molecule has 1 amide bonds. The van der Waals surface area contributed by atoms with Crippen molar-refractivity contribution in [3.05, 3.63) is 0 Å². The van der Waals surface area contributed by atoms with Crippen molar-refractivity contribution in [3.8, 4) is 12.3 Å². The van der Waals surface area contributed by atoms with Crippen molar-refractivity contribution in [1.29, 1.82) is 0 Å². The fraction of sp³-hybridized carbons (Fsp3) is 0.870. The van der Waals surface area contributed by atoms with Crippen LogP contribution in [-0.4, -0.2) is 26.0 Å². The Balaban J connectivity index is 3.07. The molecule has 0 aromatic heterocycles.